The van der Waals surface area contributed by atoms with Crippen LogP contribution in [0.15, 0.2) is 48.5 Å². The second kappa shape index (κ2) is 10.3. The summed E-state index contributed by atoms with van der Waals surface area (Å²) in [6.07, 6.45) is 0.727. The molecule has 1 fully saturated rings. The fourth-order valence-electron chi connectivity index (χ4n) is 4.44. The van der Waals surface area contributed by atoms with Crippen molar-refractivity contribution in [3.63, 3.8) is 0 Å². The minimum atomic E-state index is -0.228. The summed E-state index contributed by atoms with van der Waals surface area (Å²) in [5.74, 6) is 0.967. The molecule has 0 radical (unpaired) electrons. The van der Waals surface area contributed by atoms with E-state index in [1.807, 2.05) is 53.1 Å². The van der Waals surface area contributed by atoms with Crippen LogP contribution in [0.3, 0.4) is 0 Å². The third-order valence-corrected chi connectivity index (χ3v) is 6.42. The van der Waals surface area contributed by atoms with Crippen LogP contribution in [0.5, 0.6) is 5.75 Å². The molecule has 0 saturated carbocycles. The number of nitrogen functional groups attached to an aromatic ring is 1. The van der Waals surface area contributed by atoms with Crippen LogP contribution in [0, 0.1) is 0 Å². The van der Waals surface area contributed by atoms with Crippen LogP contribution in [0.2, 0.25) is 0 Å². The maximum atomic E-state index is 13.3. The van der Waals surface area contributed by atoms with Gasteiger partial charge in [-0.2, -0.15) is 0 Å². The van der Waals surface area contributed by atoms with Gasteiger partial charge in [0, 0.05) is 32.7 Å². The number of carbonyl (C=O) groups excluding carboxylic acids is 1. The van der Waals surface area contributed by atoms with Gasteiger partial charge in [-0.15, -0.1) is 0 Å². The Morgan fingerprint density at radius 3 is 2.49 bits per heavy atom. The number of amides is 1. The number of hydrogen-bond acceptors (Lipinski definition) is 7. The monoisotopic (exact) mass is 474 g/mol. The summed E-state index contributed by atoms with van der Waals surface area (Å²) in [7, 11) is 1.65. The minimum Gasteiger partial charge on any atom is -0.497 e. The van der Waals surface area contributed by atoms with Crippen LogP contribution in [0.25, 0.3) is 22.2 Å². The smallest absolute Gasteiger partial charge is 0.257 e. The van der Waals surface area contributed by atoms with Crippen molar-refractivity contribution in [2.45, 2.75) is 13.0 Å². The Morgan fingerprint density at radius 2 is 1.77 bits per heavy atom. The molecule has 0 aliphatic carbocycles. The molecule has 1 aliphatic rings. The highest BCUT2D eigenvalue weighted by Gasteiger charge is 2.24. The molecule has 1 amide bonds. The van der Waals surface area contributed by atoms with Crippen LogP contribution in [0.1, 0.15) is 15.9 Å². The van der Waals surface area contributed by atoms with Crippen molar-refractivity contribution in [1.82, 2.24) is 24.8 Å². The van der Waals surface area contributed by atoms with Crippen molar-refractivity contribution in [1.29, 1.82) is 0 Å². The summed E-state index contributed by atoms with van der Waals surface area (Å²) in [4.78, 5) is 25.2. The lowest BCUT2D eigenvalue weighted by molar-refractivity contribution is 0.0383. The number of anilines is 1. The Morgan fingerprint density at radius 1 is 1.06 bits per heavy atom. The molecular formula is C26H30N6O3. The van der Waals surface area contributed by atoms with E-state index in [-0.39, 0.29) is 5.91 Å². The standard InChI is InChI=1S/C26H30N6O3/c1-34-19-8-6-18(7-9-19)10-12-32-24(27)22(26(33)28-11-13-31-14-16-35-17-15-31)23-25(32)30-21-5-3-2-4-20(21)29-23/h2-9H,10-17,27H2,1H3,(H,28,33). The van der Waals surface area contributed by atoms with Gasteiger partial charge >= 0.3 is 0 Å². The minimum absolute atomic E-state index is 0.228. The van der Waals surface area contributed by atoms with Crippen molar-refractivity contribution >= 4 is 33.9 Å². The fourth-order valence-corrected chi connectivity index (χ4v) is 4.44. The quantitative estimate of drug-likeness (QED) is 0.404. The second-order valence-electron chi connectivity index (χ2n) is 8.60. The van der Waals surface area contributed by atoms with E-state index in [0.29, 0.717) is 35.6 Å². The third-order valence-electron chi connectivity index (χ3n) is 6.42. The number of carbonyl (C=O) groups is 1. The van der Waals surface area contributed by atoms with Gasteiger partial charge in [0.1, 0.15) is 22.6 Å². The van der Waals surface area contributed by atoms with E-state index in [1.165, 1.54) is 0 Å². The zero-order valence-electron chi connectivity index (χ0n) is 19.9. The van der Waals surface area contributed by atoms with E-state index < -0.39 is 0 Å². The summed E-state index contributed by atoms with van der Waals surface area (Å²) in [6, 6.07) is 15.6. The number of hydrogen-bond donors (Lipinski definition) is 2. The highest BCUT2D eigenvalue weighted by Crippen LogP contribution is 2.28. The van der Waals surface area contributed by atoms with Gasteiger partial charge in [0.2, 0.25) is 0 Å². The van der Waals surface area contributed by atoms with Gasteiger partial charge < -0.3 is 25.1 Å². The van der Waals surface area contributed by atoms with E-state index >= 15 is 0 Å². The first-order chi connectivity index (χ1) is 17.1. The van der Waals surface area contributed by atoms with Crippen LogP contribution in [-0.2, 0) is 17.7 Å². The van der Waals surface area contributed by atoms with Crippen LogP contribution in [-0.4, -0.2) is 71.8 Å². The largest absolute Gasteiger partial charge is 0.497 e. The predicted molar refractivity (Wildman–Crippen MR) is 136 cm³/mol. The molecule has 9 nitrogen and oxygen atoms in total. The zero-order valence-corrected chi connectivity index (χ0v) is 19.9. The van der Waals surface area contributed by atoms with Crippen molar-refractivity contribution in [3.8, 4) is 5.75 Å². The fraction of sp³-hybridized carbons (Fsp3) is 0.346. The molecule has 0 atom stereocenters. The zero-order chi connectivity index (χ0) is 24.2. The van der Waals surface area contributed by atoms with Gasteiger partial charge in [-0.1, -0.05) is 24.3 Å². The summed E-state index contributed by atoms with van der Waals surface area (Å²) in [5.41, 5.74) is 10.7. The Hall–Kier alpha value is -3.69. The molecule has 182 valence electrons. The molecule has 0 bridgehead atoms. The van der Waals surface area contributed by atoms with E-state index in [4.69, 9.17) is 25.2 Å². The number of nitrogens with two attached hydrogens (primary N) is 1. The maximum absolute atomic E-state index is 13.3. The van der Waals surface area contributed by atoms with Crippen molar-refractivity contribution in [2.24, 2.45) is 0 Å². The molecule has 2 aromatic heterocycles. The predicted octanol–water partition coefficient (Wildman–Crippen LogP) is 2.48. The van der Waals surface area contributed by atoms with Crippen LogP contribution < -0.4 is 15.8 Å². The number of ether oxygens (including phenoxy) is 2. The van der Waals surface area contributed by atoms with Crippen LogP contribution in [0.4, 0.5) is 5.82 Å². The molecule has 35 heavy (non-hydrogen) atoms. The van der Waals surface area contributed by atoms with E-state index in [1.54, 1.807) is 7.11 Å². The molecule has 0 spiro atoms. The number of nitrogens with zero attached hydrogens (tertiary/aromatic N) is 4. The van der Waals surface area contributed by atoms with E-state index in [2.05, 4.69) is 10.2 Å². The van der Waals surface area contributed by atoms with E-state index in [0.717, 1.165) is 61.6 Å². The number of para-hydroxylation sites is 2. The Bertz CT molecular complexity index is 1330. The highest BCUT2D eigenvalue weighted by atomic mass is 16.5. The first-order valence-electron chi connectivity index (χ1n) is 11.9. The molecule has 4 aromatic rings. The Balaban J connectivity index is 1.43. The Kier molecular flexibility index (Phi) is 6.78. The van der Waals surface area contributed by atoms with Gasteiger partial charge in [-0.05, 0) is 36.2 Å². The number of methoxy groups -OCH3 is 1. The summed E-state index contributed by atoms with van der Waals surface area (Å²) in [6.45, 7) is 5.07. The molecule has 5 rings (SSSR count). The summed E-state index contributed by atoms with van der Waals surface area (Å²) in [5, 5.41) is 3.03. The van der Waals surface area contributed by atoms with Gasteiger partial charge in [-0.25, -0.2) is 9.97 Å². The molecule has 9 heteroatoms. The molecular weight excluding hydrogens is 444 g/mol. The second-order valence-corrected chi connectivity index (χ2v) is 8.60. The number of rotatable bonds is 8. The van der Waals surface area contributed by atoms with Crippen molar-refractivity contribution in [2.75, 3.05) is 52.2 Å². The van der Waals surface area contributed by atoms with Crippen molar-refractivity contribution < 1.29 is 14.3 Å². The van der Waals surface area contributed by atoms with Crippen LogP contribution >= 0.6 is 0 Å². The lowest BCUT2D eigenvalue weighted by Crippen LogP contribution is -2.41. The number of benzene rings is 2. The number of aryl methyl sites for hydroxylation is 2. The maximum Gasteiger partial charge on any atom is 0.257 e. The van der Waals surface area contributed by atoms with Crippen molar-refractivity contribution in [3.05, 3.63) is 59.7 Å². The topological polar surface area (TPSA) is 108 Å². The highest BCUT2D eigenvalue weighted by molar-refractivity contribution is 6.10. The molecule has 1 saturated heterocycles. The van der Waals surface area contributed by atoms with Gasteiger partial charge in [-0.3, -0.25) is 9.69 Å². The Labute approximate surface area is 203 Å². The molecule has 3 heterocycles. The lowest BCUT2D eigenvalue weighted by Gasteiger charge is -2.26. The number of fused-ring (bicyclic) bond motifs is 2. The van der Waals surface area contributed by atoms with E-state index in [9.17, 15) is 4.79 Å². The molecule has 3 N–H and O–H groups in total. The molecule has 2 aromatic carbocycles. The number of aromatic nitrogens is 3. The third kappa shape index (κ3) is 4.91. The SMILES string of the molecule is COc1ccc(CCn2c(N)c(C(=O)NCCN3CCOCC3)c3nc4ccccc4nc32)cc1. The summed E-state index contributed by atoms with van der Waals surface area (Å²) < 4.78 is 12.5. The molecule has 1 aliphatic heterocycles. The first kappa shape index (κ1) is 23.1. The van der Waals surface area contributed by atoms with Gasteiger partial charge in [0.15, 0.2) is 5.65 Å². The number of nitrogens with one attached hydrogen (secondary N) is 1. The number of morpholine rings is 1. The van der Waals surface area contributed by atoms with Gasteiger partial charge in [0.25, 0.3) is 5.91 Å². The molecule has 0 unspecified atom stereocenters. The normalized spacial score (nSPS) is 14.4. The summed E-state index contributed by atoms with van der Waals surface area (Å²) >= 11 is 0. The lowest BCUT2D eigenvalue weighted by atomic mass is 10.1. The average Bonchev–Trinajstić information content (AvgIpc) is 3.16. The average molecular weight is 475 g/mol. The first-order valence-corrected chi connectivity index (χ1v) is 11.9. The van der Waals surface area contributed by atoms with Gasteiger partial charge in [0.05, 0.1) is 31.4 Å².